The highest BCUT2D eigenvalue weighted by molar-refractivity contribution is 8.00. The van der Waals surface area contributed by atoms with E-state index in [9.17, 15) is 9.59 Å². The first kappa shape index (κ1) is 13.5. The average Bonchev–Trinajstić information content (AvgIpc) is 3.08. The van der Waals surface area contributed by atoms with E-state index in [-0.39, 0.29) is 23.4 Å². The lowest BCUT2D eigenvalue weighted by Crippen LogP contribution is -2.50. The van der Waals surface area contributed by atoms with Crippen molar-refractivity contribution >= 4 is 23.8 Å². The molecule has 0 saturated heterocycles. The van der Waals surface area contributed by atoms with Crippen LogP contribution in [0.15, 0.2) is 0 Å². The number of nitrogens with zero attached hydrogens (tertiary/aromatic N) is 1. The number of carbonyl (C=O) groups is 2. The third kappa shape index (κ3) is 3.10. The van der Waals surface area contributed by atoms with Gasteiger partial charge in [-0.15, -0.1) is 0 Å². The van der Waals surface area contributed by atoms with Gasteiger partial charge in [-0.2, -0.15) is 11.8 Å². The Morgan fingerprint density at radius 3 is 2.50 bits per heavy atom. The molecule has 2 fully saturated rings. The van der Waals surface area contributed by atoms with Crippen molar-refractivity contribution in [1.82, 2.24) is 10.2 Å². The number of urea groups is 1. The molecule has 2 aliphatic rings. The fraction of sp³-hybridized carbons (Fsp3) is 0.833. The summed E-state index contributed by atoms with van der Waals surface area (Å²) < 4.78 is 0.189. The standard InChI is InChI=1S/C12H20N2O3S/c1-18-12(5-2-6-12)8-13-11(17)14(7-10(15)16)9-3-4-9/h9H,2-8H2,1H3,(H,13,17)(H,15,16). The Morgan fingerprint density at radius 2 is 2.11 bits per heavy atom. The van der Waals surface area contributed by atoms with Crippen molar-refractivity contribution < 1.29 is 14.7 Å². The van der Waals surface area contributed by atoms with Gasteiger partial charge in [0.15, 0.2) is 0 Å². The zero-order chi connectivity index (χ0) is 13.2. The molecular formula is C12H20N2O3S. The zero-order valence-electron chi connectivity index (χ0n) is 10.6. The Balaban J connectivity index is 1.83. The summed E-state index contributed by atoms with van der Waals surface area (Å²) in [5, 5.41) is 11.7. The van der Waals surface area contributed by atoms with Crippen molar-refractivity contribution in [3.05, 3.63) is 0 Å². The topological polar surface area (TPSA) is 69.6 Å². The predicted octanol–water partition coefficient (Wildman–Crippen LogP) is 1.53. The first-order chi connectivity index (χ1) is 8.56. The van der Waals surface area contributed by atoms with Gasteiger partial charge in [-0.25, -0.2) is 4.79 Å². The van der Waals surface area contributed by atoms with Gasteiger partial charge in [0.25, 0.3) is 0 Å². The van der Waals surface area contributed by atoms with Crippen LogP contribution in [0.5, 0.6) is 0 Å². The summed E-state index contributed by atoms with van der Waals surface area (Å²) in [7, 11) is 0. The number of carboxylic acid groups (broad SMARTS) is 1. The zero-order valence-corrected chi connectivity index (χ0v) is 11.5. The molecule has 0 bridgehead atoms. The maximum atomic E-state index is 12.0. The minimum atomic E-state index is -0.944. The third-order valence-corrected chi connectivity index (χ3v) is 5.23. The first-order valence-electron chi connectivity index (χ1n) is 6.38. The number of hydrogen-bond acceptors (Lipinski definition) is 3. The number of amides is 2. The van der Waals surface area contributed by atoms with Crippen LogP contribution in [0.3, 0.4) is 0 Å². The molecule has 0 aromatic heterocycles. The monoisotopic (exact) mass is 272 g/mol. The van der Waals surface area contributed by atoms with Crippen LogP contribution in [-0.4, -0.2) is 52.1 Å². The molecule has 6 heteroatoms. The Morgan fingerprint density at radius 1 is 1.44 bits per heavy atom. The summed E-state index contributed by atoms with van der Waals surface area (Å²) in [6.45, 7) is 0.457. The lowest BCUT2D eigenvalue weighted by molar-refractivity contribution is -0.137. The van der Waals surface area contributed by atoms with Gasteiger partial charge >= 0.3 is 12.0 Å². The van der Waals surface area contributed by atoms with Gasteiger partial charge in [-0.05, 0) is 31.9 Å². The van der Waals surface area contributed by atoms with Crippen LogP contribution in [-0.2, 0) is 4.79 Å². The molecule has 0 unspecified atom stereocenters. The molecule has 2 aliphatic carbocycles. The largest absolute Gasteiger partial charge is 0.480 e. The maximum absolute atomic E-state index is 12.0. The van der Waals surface area contributed by atoms with Crippen molar-refractivity contribution in [2.24, 2.45) is 0 Å². The Hall–Kier alpha value is -0.910. The van der Waals surface area contributed by atoms with E-state index < -0.39 is 5.97 Å². The van der Waals surface area contributed by atoms with Crippen LogP contribution in [0.1, 0.15) is 32.1 Å². The number of nitrogens with one attached hydrogen (secondary N) is 1. The van der Waals surface area contributed by atoms with E-state index in [0.29, 0.717) is 6.54 Å². The molecule has 5 nitrogen and oxygen atoms in total. The molecule has 0 atom stereocenters. The summed E-state index contributed by atoms with van der Waals surface area (Å²) in [5.41, 5.74) is 0. The summed E-state index contributed by atoms with van der Waals surface area (Å²) >= 11 is 1.80. The van der Waals surface area contributed by atoms with Crippen LogP contribution in [0, 0.1) is 0 Å². The Labute approximate surface area is 111 Å². The lowest BCUT2D eigenvalue weighted by atomic mass is 9.84. The predicted molar refractivity (Wildman–Crippen MR) is 70.9 cm³/mol. The molecule has 2 amide bonds. The van der Waals surface area contributed by atoms with Gasteiger partial charge in [-0.1, -0.05) is 6.42 Å². The van der Waals surface area contributed by atoms with E-state index in [2.05, 4.69) is 11.6 Å². The highest BCUT2D eigenvalue weighted by Crippen LogP contribution is 2.42. The van der Waals surface area contributed by atoms with E-state index in [0.717, 1.165) is 25.7 Å². The second-order valence-electron chi connectivity index (χ2n) is 5.15. The summed E-state index contributed by atoms with van der Waals surface area (Å²) in [5.74, 6) is -0.944. The smallest absolute Gasteiger partial charge is 0.323 e. The van der Waals surface area contributed by atoms with Crippen LogP contribution in [0.2, 0.25) is 0 Å². The fourth-order valence-electron chi connectivity index (χ4n) is 2.26. The molecule has 0 aromatic rings. The molecule has 2 N–H and O–H groups in total. The van der Waals surface area contributed by atoms with Gasteiger partial charge in [0.2, 0.25) is 0 Å². The normalized spacial score (nSPS) is 20.9. The van der Waals surface area contributed by atoms with Gasteiger partial charge in [0, 0.05) is 17.3 Å². The maximum Gasteiger partial charge on any atom is 0.323 e. The SMILES string of the molecule is CSC1(CNC(=O)N(CC(=O)O)C2CC2)CCC1. The molecule has 0 heterocycles. The quantitative estimate of drug-likeness (QED) is 0.769. The van der Waals surface area contributed by atoms with Crippen molar-refractivity contribution in [1.29, 1.82) is 0 Å². The van der Waals surface area contributed by atoms with Gasteiger partial charge in [0.05, 0.1) is 0 Å². The van der Waals surface area contributed by atoms with Gasteiger partial charge < -0.3 is 15.3 Å². The number of carbonyl (C=O) groups excluding carboxylic acids is 1. The minimum Gasteiger partial charge on any atom is -0.480 e. The van der Waals surface area contributed by atoms with Gasteiger partial charge in [-0.3, -0.25) is 4.79 Å². The minimum absolute atomic E-state index is 0.132. The number of rotatable bonds is 6. The lowest BCUT2D eigenvalue weighted by Gasteiger charge is -2.40. The number of aliphatic carboxylic acids is 1. The molecule has 0 spiro atoms. The third-order valence-electron chi connectivity index (χ3n) is 3.81. The Bertz CT molecular complexity index is 335. The molecule has 2 rings (SSSR count). The molecule has 102 valence electrons. The van der Waals surface area contributed by atoms with Crippen LogP contribution < -0.4 is 5.32 Å². The van der Waals surface area contributed by atoms with E-state index in [1.54, 1.807) is 11.8 Å². The van der Waals surface area contributed by atoms with Crippen LogP contribution in [0.25, 0.3) is 0 Å². The van der Waals surface area contributed by atoms with Crippen molar-refractivity contribution in [2.75, 3.05) is 19.3 Å². The summed E-state index contributed by atoms with van der Waals surface area (Å²) in [6, 6.07) is -0.0899. The summed E-state index contributed by atoms with van der Waals surface area (Å²) in [6.07, 6.45) is 7.41. The molecule has 0 aliphatic heterocycles. The molecule has 0 aromatic carbocycles. The van der Waals surface area contributed by atoms with E-state index >= 15 is 0 Å². The second kappa shape index (κ2) is 5.38. The Kier molecular flexibility index (Phi) is 4.04. The van der Waals surface area contributed by atoms with Gasteiger partial charge in [0.1, 0.15) is 6.54 Å². The average molecular weight is 272 g/mol. The first-order valence-corrected chi connectivity index (χ1v) is 7.60. The summed E-state index contributed by atoms with van der Waals surface area (Å²) in [4.78, 5) is 24.2. The highest BCUT2D eigenvalue weighted by Gasteiger charge is 2.38. The van der Waals surface area contributed by atoms with Crippen molar-refractivity contribution in [2.45, 2.75) is 42.9 Å². The van der Waals surface area contributed by atoms with Crippen LogP contribution in [0.4, 0.5) is 4.79 Å². The van der Waals surface area contributed by atoms with E-state index in [1.807, 2.05) is 0 Å². The van der Waals surface area contributed by atoms with E-state index in [4.69, 9.17) is 5.11 Å². The number of hydrogen-bond donors (Lipinski definition) is 2. The van der Waals surface area contributed by atoms with Crippen molar-refractivity contribution in [3.63, 3.8) is 0 Å². The molecule has 18 heavy (non-hydrogen) atoms. The van der Waals surface area contributed by atoms with Crippen molar-refractivity contribution in [3.8, 4) is 0 Å². The molecule has 0 radical (unpaired) electrons. The number of carboxylic acids is 1. The highest BCUT2D eigenvalue weighted by atomic mass is 32.2. The van der Waals surface area contributed by atoms with E-state index in [1.165, 1.54) is 11.3 Å². The number of thioether (sulfide) groups is 1. The fourth-order valence-corrected chi connectivity index (χ4v) is 3.17. The van der Waals surface area contributed by atoms with Crippen LogP contribution >= 0.6 is 11.8 Å². The molecular weight excluding hydrogens is 252 g/mol. The molecule has 2 saturated carbocycles. The second-order valence-corrected chi connectivity index (χ2v) is 6.43.